The van der Waals surface area contributed by atoms with Crippen LogP contribution in [0.4, 0.5) is 5.82 Å². The van der Waals surface area contributed by atoms with Crippen molar-refractivity contribution in [2.75, 3.05) is 12.4 Å². The van der Waals surface area contributed by atoms with Crippen molar-refractivity contribution in [1.29, 1.82) is 0 Å². The van der Waals surface area contributed by atoms with Crippen molar-refractivity contribution in [3.8, 4) is 11.3 Å². The zero-order valence-electron chi connectivity index (χ0n) is 16.1. The van der Waals surface area contributed by atoms with Crippen LogP contribution in [0.1, 0.15) is 39.9 Å². The Morgan fingerprint density at radius 2 is 1.96 bits per heavy atom. The average Bonchev–Trinajstić information content (AvgIpc) is 2.99. The predicted octanol–water partition coefficient (Wildman–Crippen LogP) is 2.17. The van der Waals surface area contributed by atoms with Crippen LogP contribution in [-0.2, 0) is 16.1 Å². The second-order valence-corrected chi connectivity index (χ2v) is 7.32. The lowest BCUT2D eigenvalue weighted by atomic mass is 10.0. The van der Waals surface area contributed by atoms with Gasteiger partial charge in [-0.2, -0.15) is 0 Å². The molecule has 7 heteroatoms. The quantitative estimate of drug-likeness (QED) is 0.799. The largest absolute Gasteiger partial charge is 0.373 e. The summed E-state index contributed by atoms with van der Waals surface area (Å²) in [5, 5.41) is 5.44. The molecule has 1 saturated heterocycles. The molecule has 3 heterocycles. The number of benzene rings is 1. The maximum absolute atomic E-state index is 12.8. The average molecular weight is 378 g/mol. The lowest BCUT2D eigenvalue weighted by Crippen LogP contribution is -2.52. The van der Waals surface area contributed by atoms with E-state index in [1.807, 2.05) is 39.1 Å². The highest BCUT2D eigenvalue weighted by Crippen LogP contribution is 2.32. The number of hydrogen-bond donors (Lipinski definition) is 2. The molecule has 1 atom stereocenters. The zero-order chi connectivity index (χ0) is 20.0. The van der Waals surface area contributed by atoms with Crippen LogP contribution in [0.25, 0.3) is 11.3 Å². The topological polar surface area (TPSA) is 91.4 Å². The maximum atomic E-state index is 12.8. The number of carbonyl (C=O) groups is 3. The Morgan fingerprint density at radius 3 is 2.68 bits per heavy atom. The molecule has 2 aliphatic rings. The number of nitrogens with one attached hydrogen (secondary N) is 2. The summed E-state index contributed by atoms with van der Waals surface area (Å²) in [6.45, 7) is 4.43. The number of hydrogen-bond acceptors (Lipinski definition) is 5. The number of rotatable bonds is 3. The van der Waals surface area contributed by atoms with Crippen molar-refractivity contribution in [2.45, 2.75) is 39.3 Å². The van der Waals surface area contributed by atoms with Crippen LogP contribution >= 0.6 is 0 Å². The lowest BCUT2D eigenvalue weighted by molar-refractivity contribution is -0.136. The first kappa shape index (κ1) is 18.2. The minimum atomic E-state index is -0.600. The number of piperidine rings is 1. The Balaban J connectivity index is 1.65. The minimum Gasteiger partial charge on any atom is -0.373 e. The fourth-order valence-electron chi connectivity index (χ4n) is 3.86. The molecule has 0 aliphatic carbocycles. The standard InChI is InChI=1S/C21H22N4O3/c1-11-8-16(23-19(22-3)12(11)2)13-4-5-15-14(9-13)10-25(21(15)28)17-6-7-18(26)24-20(17)27/h4-5,8-9,17H,6-7,10H2,1-3H3,(H,22,23)(H,24,26,27). The van der Waals surface area contributed by atoms with E-state index < -0.39 is 11.9 Å². The number of amides is 3. The normalized spacial score (nSPS) is 18.9. The maximum Gasteiger partial charge on any atom is 0.255 e. The molecule has 2 N–H and O–H groups in total. The Labute approximate surface area is 163 Å². The zero-order valence-corrected chi connectivity index (χ0v) is 16.1. The number of aromatic nitrogens is 1. The van der Waals surface area contributed by atoms with Crippen molar-refractivity contribution < 1.29 is 14.4 Å². The van der Waals surface area contributed by atoms with Gasteiger partial charge in [0.2, 0.25) is 11.8 Å². The van der Waals surface area contributed by atoms with Gasteiger partial charge in [-0.3, -0.25) is 19.7 Å². The third-order valence-corrected chi connectivity index (χ3v) is 5.59. The molecule has 28 heavy (non-hydrogen) atoms. The minimum absolute atomic E-state index is 0.167. The lowest BCUT2D eigenvalue weighted by Gasteiger charge is -2.29. The number of aryl methyl sites for hydroxylation is 1. The van der Waals surface area contributed by atoms with E-state index >= 15 is 0 Å². The van der Waals surface area contributed by atoms with Gasteiger partial charge in [-0.15, -0.1) is 0 Å². The third-order valence-electron chi connectivity index (χ3n) is 5.59. The van der Waals surface area contributed by atoms with Crippen LogP contribution in [0.5, 0.6) is 0 Å². The molecular formula is C21H22N4O3. The number of imide groups is 1. The van der Waals surface area contributed by atoms with Crippen molar-refractivity contribution in [1.82, 2.24) is 15.2 Å². The monoisotopic (exact) mass is 378 g/mol. The summed E-state index contributed by atoms with van der Waals surface area (Å²) >= 11 is 0. The van der Waals surface area contributed by atoms with Gasteiger partial charge in [-0.05, 0) is 55.2 Å². The summed E-state index contributed by atoms with van der Waals surface area (Å²) in [4.78, 5) is 42.6. The SMILES string of the molecule is CNc1nc(-c2ccc3c(c2)CN(C2CCC(=O)NC2=O)C3=O)cc(C)c1C. The highest BCUT2D eigenvalue weighted by molar-refractivity contribution is 6.05. The Bertz CT molecular complexity index is 1010. The molecule has 4 rings (SSSR count). The molecular weight excluding hydrogens is 356 g/mol. The molecule has 1 aromatic heterocycles. The van der Waals surface area contributed by atoms with Crippen LogP contribution in [0.2, 0.25) is 0 Å². The fraction of sp³-hybridized carbons (Fsp3) is 0.333. The van der Waals surface area contributed by atoms with Gasteiger partial charge < -0.3 is 10.2 Å². The van der Waals surface area contributed by atoms with E-state index in [1.54, 1.807) is 11.0 Å². The second kappa shape index (κ2) is 6.74. The summed E-state index contributed by atoms with van der Waals surface area (Å²) in [5.41, 5.74) is 5.48. The summed E-state index contributed by atoms with van der Waals surface area (Å²) in [6, 6.07) is 7.09. The van der Waals surface area contributed by atoms with Gasteiger partial charge in [0.05, 0.1) is 5.69 Å². The number of anilines is 1. The van der Waals surface area contributed by atoms with Gasteiger partial charge in [0.25, 0.3) is 5.91 Å². The van der Waals surface area contributed by atoms with E-state index in [0.29, 0.717) is 18.5 Å². The molecule has 1 aromatic carbocycles. The van der Waals surface area contributed by atoms with Crippen molar-refractivity contribution in [2.24, 2.45) is 0 Å². The highest BCUT2D eigenvalue weighted by atomic mass is 16.2. The molecule has 2 aromatic rings. The van der Waals surface area contributed by atoms with Gasteiger partial charge in [-0.1, -0.05) is 6.07 Å². The first-order valence-corrected chi connectivity index (χ1v) is 9.33. The predicted molar refractivity (Wildman–Crippen MR) is 105 cm³/mol. The summed E-state index contributed by atoms with van der Waals surface area (Å²) < 4.78 is 0. The number of nitrogens with zero attached hydrogens (tertiary/aromatic N) is 2. The van der Waals surface area contributed by atoms with Gasteiger partial charge in [0.1, 0.15) is 11.9 Å². The molecule has 0 radical (unpaired) electrons. The number of pyridine rings is 1. The molecule has 2 aliphatic heterocycles. The van der Waals surface area contributed by atoms with Crippen LogP contribution in [-0.4, -0.2) is 40.7 Å². The van der Waals surface area contributed by atoms with Crippen LogP contribution in [0.3, 0.4) is 0 Å². The third kappa shape index (κ3) is 2.93. The molecule has 3 amide bonds. The summed E-state index contributed by atoms with van der Waals surface area (Å²) in [7, 11) is 1.84. The number of carbonyl (C=O) groups excluding carboxylic acids is 3. The Kier molecular flexibility index (Phi) is 4.37. The number of fused-ring (bicyclic) bond motifs is 1. The van der Waals surface area contributed by atoms with E-state index in [1.165, 1.54) is 0 Å². The van der Waals surface area contributed by atoms with Gasteiger partial charge in [0, 0.05) is 31.1 Å². The van der Waals surface area contributed by atoms with Gasteiger partial charge in [0.15, 0.2) is 0 Å². The Hall–Kier alpha value is -3.22. The van der Waals surface area contributed by atoms with Crippen LogP contribution < -0.4 is 10.6 Å². The smallest absolute Gasteiger partial charge is 0.255 e. The molecule has 1 fully saturated rings. The second-order valence-electron chi connectivity index (χ2n) is 7.32. The van der Waals surface area contributed by atoms with Crippen molar-refractivity contribution in [3.63, 3.8) is 0 Å². The van der Waals surface area contributed by atoms with Crippen LogP contribution in [0.15, 0.2) is 24.3 Å². The van der Waals surface area contributed by atoms with E-state index in [2.05, 4.69) is 15.6 Å². The van der Waals surface area contributed by atoms with Gasteiger partial charge in [-0.25, -0.2) is 4.98 Å². The molecule has 0 saturated carbocycles. The van der Waals surface area contributed by atoms with Crippen LogP contribution in [0, 0.1) is 13.8 Å². The molecule has 7 nitrogen and oxygen atoms in total. The molecule has 144 valence electrons. The van der Waals surface area contributed by atoms with E-state index in [0.717, 1.165) is 33.8 Å². The van der Waals surface area contributed by atoms with E-state index in [4.69, 9.17) is 0 Å². The molecule has 0 spiro atoms. The van der Waals surface area contributed by atoms with E-state index in [-0.39, 0.29) is 18.2 Å². The highest BCUT2D eigenvalue weighted by Gasteiger charge is 2.39. The van der Waals surface area contributed by atoms with Crippen molar-refractivity contribution >= 4 is 23.5 Å². The van der Waals surface area contributed by atoms with Crippen molar-refractivity contribution in [3.05, 3.63) is 46.5 Å². The van der Waals surface area contributed by atoms with Gasteiger partial charge >= 0.3 is 0 Å². The Morgan fingerprint density at radius 1 is 1.18 bits per heavy atom. The molecule has 0 bridgehead atoms. The summed E-state index contributed by atoms with van der Waals surface area (Å²) in [6.07, 6.45) is 0.614. The van der Waals surface area contributed by atoms with E-state index in [9.17, 15) is 14.4 Å². The first-order chi connectivity index (χ1) is 13.4. The fourth-order valence-corrected chi connectivity index (χ4v) is 3.86. The molecule has 1 unspecified atom stereocenters. The summed E-state index contributed by atoms with van der Waals surface area (Å²) in [5.74, 6) is -0.0160. The first-order valence-electron chi connectivity index (χ1n) is 9.33.